The van der Waals surface area contributed by atoms with Crippen LogP contribution in [0.5, 0.6) is 5.75 Å². The van der Waals surface area contributed by atoms with E-state index in [0.717, 1.165) is 30.4 Å². The van der Waals surface area contributed by atoms with Gasteiger partial charge in [0.25, 0.3) is 0 Å². The Morgan fingerprint density at radius 2 is 1.65 bits per heavy atom. The fraction of sp³-hybridized carbons (Fsp3) is 0.0526. The van der Waals surface area contributed by atoms with Gasteiger partial charge >= 0.3 is 11.9 Å². The molecule has 0 aliphatic heterocycles. The summed E-state index contributed by atoms with van der Waals surface area (Å²) in [7, 11) is 0. The molecule has 0 atom stereocenters. The van der Waals surface area contributed by atoms with E-state index >= 15 is 0 Å². The molecule has 0 spiro atoms. The molecule has 7 heteroatoms. The largest absolute Gasteiger partial charge is 0.427 e. The van der Waals surface area contributed by atoms with E-state index in [4.69, 9.17) is 4.74 Å². The highest BCUT2D eigenvalue weighted by Crippen LogP contribution is 2.32. The van der Waals surface area contributed by atoms with Crippen LogP contribution in [-0.2, 0) is 14.3 Å². The van der Waals surface area contributed by atoms with Crippen molar-refractivity contribution in [2.45, 2.75) is 6.42 Å². The van der Waals surface area contributed by atoms with Gasteiger partial charge in [-0.25, -0.2) is 18.4 Å². The van der Waals surface area contributed by atoms with Gasteiger partial charge < -0.3 is 9.47 Å². The molecule has 0 fully saturated rings. The highest BCUT2D eigenvalue weighted by Gasteiger charge is 2.21. The van der Waals surface area contributed by atoms with E-state index in [0.29, 0.717) is 0 Å². The number of carbonyl (C=O) groups is 2. The summed E-state index contributed by atoms with van der Waals surface area (Å²) >= 11 is 0. The minimum Gasteiger partial charge on any atom is -0.427 e. The number of allylic oxidation sites excluding steroid dienone is 5. The van der Waals surface area contributed by atoms with Crippen molar-refractivity contribution in [1.82, 2.24) is 0 Å². The summed E-state index contributed by atoms with van der Waals surface area (Å²) in [6, 6.07) is 2.06. The summed E-state index contributed by atoms with van der Waals surface area (Å²) in [5, 5.41) is 0. The molecule has 0 aromatic heterocycles. The first-order valence-electron chi connectivity index (χ1n) is 7.31. The molecule has 0 N–H and O–H groups in total. The van der Waals surface area contributed by atoms with Gasteiger partial charge in [0.1, 0.15) is 11.6 Å². The molecular formula is C19H13F3O4. The topological polar surface area (TPSA) is 52.6 Å². The third-order valence-electron chi connectivity index (χ3n) is 3.26. The summed E-state index contributed by atoms with van der Waals surface area (Å²) in [5.74, 6) is -6.17. The second kappa shape index (κ2) is 8.15. The van der Waals surface area contributed by atoms with Crippen molar-refractivity contribution in [1.29, 1.82) is 0 Å². The summed E-state index contributed by atoms with van der Waals surface area (Å²) in [6.45, 7) is 6.38. The zero-order valence-corrected chi connectivity index (χ0v) is 13.4. The fourth-order valence-electron chi connectivity index (χ4n) is 2.08. The third-order valence-corrected chi connectivity index (χ3v) is 3.26. The van der Waals surface area contributed by atoms with Gasteiger partial charge in [-0.3, -0.25) is 0 Å². The lowest BCUT2D eigenvalue weighted by Gasteiger charge is -2.09. The average molecular weight is 362 g/mol. The van der Waals surface area contributed by atoms with E-state index < -0.39 is 35.1 Å². The molecule has 0 unspecified atom stereocenters. The second-order valence-corrected chi connectivity index (χ2v) is 4.97. The number of hydrogen-bond donors (Lipinski definition) is 0. The zero-order chi connectivity index (χ0) is 19.3. The van der Waals surface area contributed by atoms with Gasteiger partial charge in [-0.05, 0) is 12.1 Å². The molecule has 0 saturated heterocycles. The van der Waals surface area contributed by atoms with Crippen LogP contribution in [0.4, 0.5) is 13.2 Å². The first-order chi connectivity index (χ1) is 12.4. The molecule has 0 radical (unpaired) electrons. The lowest BCUT2D eigenvalue weighted by molar-refractivity contribution is -0.134. The standard InChI is InChI=1S/C19H13F3O4/c1-3-16(23)25-11-6-5-7-12(14(20)10-11)13-8-9-15(19(22)18(13)21)26-17(24)4-2/h3-5,7-10H,1-2,6H2. The molecular weight excluding hydrogens is 349 g/mol. The number of carbonyl (C=O) groups excluding carboxylic acids is 2. The number of hydrogen-bond acceptors (Lipinski definition) is 4. The molecule has 2 rings (SSSR count). The van der Waals surface area contributed by atoms with E-state index in [2.05, 4.69) is 17.9 Å². The van der Waals surface area contributed by atoms with Gasteiger partial charge in [0.2, 0.25) is 5.82 Å². The van der Waals surface area contributed by atoms with Gasteiger partial charge in [0, 0.05) is 35.8 Å². The van der Waals surface area contributed by atoms with Crippen molar-refractivity contribution < 1.29 is 32.2 Å². The quantitative estimate of drug-likeness (QED) is 0.445. The van der Waals surface area contributed by atoms with Crippen LogP contribution in [0.1, 0.15) is 12.0 Å². The van der Waals surface area contributed by atoms with E-state index in [9.17, 15) is 22.8 Å². The number of rotatable bonds is 5. The highest BCUT2D eigenvalue weighted by molar-refractivity contribution is 5.84. The third kappa shape index (κ3) is 4.18. The lowest BCUT2D eigenvalue weighted by atomic mass is 10.0. The molecule has 1 aliphatic carbocycles. The van der Waals surface area contributed by atoms with Gasteiger partial charge in [-0.1, -0.05) is 25.3 Å². The highest BCUT2D eigenvalue weighted by atomic mass is 19.2. The van der Waals surface area contributed by atoms with Crippen molar-refractivity contribution in [2.75, 3.05) is 0 Å². The van der Waals surface area contributed by atoms with Crippen molar-refractivity contribution in [3.05, 3.63) is 84.5 Å². The molecule has 0 bridgehead atoms. The Balaban J connectivity index is 2.43. The normalized spacial score (nSPS) is 13.6. The Labute approximate surface area is 147 Å². The first kappa shape index (κ1) is 19.0. The Hall–Kier alpha value is -3.35. The SMILES string of the molecule is C=CC(=O)OC1=CC(F)=C(c2ccc(OC(=O)C=C)c(F)c2F)C=CC1. The molecule has 0 saturated carbocycles. The maximum absolute atomic E-state index is 14.4. The minimum atomic E-state index is -1.45. The van der Waals surface area contributed by atoms with E-state index in [1.54, 1.807) is 0 Å². The van der Waals surface area contributed by atoms with Gasteiger partial charge in [0.05, 0.1) is 0 Å². The molecule has 4 nitrogen and oxygen atoms in total. The zero-order valence-electron chi connectivity index (χ0n) is 13.4. The van der Waals surface area contributed by atoms with Gasteiger partial charge in [-0.15, -0.1) is 0 Å². The number of benzene rings is 1. The monoisotopic (exact) mass is 362 g/mol. The van der Waals surface area contributed by atoms with E-state index in [1.807, 2.05) is 0 Å². The summed E-state index contributed by atoms with van der Waals surface area (Å²) in [4.78, 5) is 22.3. The summed E-state index contributed by atoms with van der Waals surface area (Å²) in [6.07, 6.45) is 5.32. The van der Waals surface area contributed by atoms with Crippen LogP contribution in [0.25, 0.3) is 5.57 Å². The number of esters is 2. The molecule has 0 heterocycles. The average Bonchev–Trinajstić information content (AvgIpc) is 2.80. The Kier molecular flexibility index (Phi) is 5.95. The van der Waals surface area contributed by atoms with Crippen molar-refractivity contribution in [3.8, 4) is 5.75 Å². The van der Waals surface area contributed by atoms with Crippen LogP contribution in [0, 0.1) is 11.6 Å². The molecule has 0 amide bonds. The van der Waals surface area contributed by atoms with Crippen molar-refractivity contribution in [2.24, 2.45) is 0 Å². The van der Waals surface area contributed by atoms with Crippen LogP contribution in [0.2, 0.25) is 0 Å². The first-order valence-corrected chi connectivity index (χ1v) is 7.31. The van der Waals surface area contributed by atoms with Crippen LogP contribution in [-0.4, -0.2) is 11.9 Å². The number of halogens is 3. The van der Waals surface area contributed by atoms with Crippen molar-refractivity contribution in [3.63, 3.8) is 0 Å². The predicted molar refractivity (Wildman–Crippen MR) is 88.3 cm³/mol. The molecule has 1 aromatic carbocycles. The second-order valence-electron chi connectivity index (χ2n) is 4.97. The lowest BCUT2D eigenvalue weighted by Crippen LogP contribution is -2.06. The fourth-order valence-corrected chi connectivity index (χ4v) is 2.08. The van der Waals surface area contributed by atoms with Crippen LogP contribution in [0.3, 0.4) is 0 Å². The Bertz CT molecular complexity index is 879. The van der Waals surface area contributed by atoms with Crippen LogP contribution >= 0.6 is 0 Å². The van der Waals surface area contributed by atoms with E-state index in [1.165, 1.54) is 12.2 Å². The maximum atomic E-state index is 14.4. The van der Waals surface area contributed by atoms with Crippen LogP contribution in [0.15, 0.2) is 67.3 Å². The molecule has 26 heavy (non-hydrogen) atoms. The predicted octanol–water partition coefficient (Wildman–Crippen LogP) is 4.31. The van der Waals surface area contributed by atoms with Crippen LogP contribution < -0.4 is 4.74 Å². The summed E-state index contributed by atoms with van der Waals surface area (Å²) in [5.41, 5.74) is -0.644. The van der Waals surface area contributed by atoms with Crippen molar-refractivity contribution >= 4 is 17.5 Å². The maximum Gasteiger partial charge on any atom is 0.335 e. The smallest absolute Gasteiger partial charge is 0.335 e. The Morgan fingerprint density at radius 1 is 1.00 bits per heavy atom. The van der Waals surface area contributed by atoms with Gasteiger partial charge in [0.15, 0.2) is 11.6 Å². The summed E-state index contributed by atoms with van der Waals surface area (Å²) < 4.78 is 52.2. The molecule has 134 valence electrons. The van der Waals surface area contributed by atoms with E-state index in [-0.39, 0.29) is 23.3 Å². The number of ether oxygens (including phenoxy) is 2. The Morgan fingerprint density at radius 3 is 2.31 bits per heavy atom. The van der Waals surface area contributed by atoms with Gasteiger partial charge in [-0.2, -0.15) is 4.39 Å². The molecule has 1 aromatic rings. The minimum absolute atomic E-state index is 0.0175. The molecule has 1 aliphatic rings.